The van der Waals surface area contributed by atoms with Crippen LogP contribution in [0.1, 0.15) is 73.1 Å². The van der Waals surface area contributed by atoms with Gasteiger partial charge in [0, 0.05) is 54.0 Å². The number of hydroxylamine groups is 2. The normalized spacial score (nSPS) is 13.2. The highest BCUT2D eigenvalue weighted by atomic mass is 32.2. The number of imide groups is 2. The minimum Gasteiger partial charge on any atom is -0.303 e. The molecule has 1 aliphatic rings. The smallest absolute Gasteiger partial charge is 0.260 e. The third kappa shape index (κ3) is 10.8. The van der Waals surface area contributed by atoms with Gasteiger partial charge in [-0.05, 0) is 36.6 Å². The number of amides is 4. The molecule has 0 atom stereocenters. The summed E-state index contributed by atoms with van der Waals surface area (Å²) in [6.45, 7) is 7.87. The van der Waals surface area contributed by atoms with Crippen molar-refractivity contribution in [1.29, 1.82) is 0 Å². The largest absolute Gasteiger partial charge is 0.303 e. The van der Waals surface area contributed by atoms with E-state index >= 15 is 0 Å². The van der Waals surface area contributed by atoms with Gasteiger partial charge in [0.2, 0.25) is 5.91 Å². The molecule has 0 aliphatic carbocycles. The number of thioether (sulfide) groups is 1. The van der Waals surface area contributed by atoms with E-state index in [-0.39, 0.29) is 48.8 Å². The molecule has 1 aliphatic heterocycles. The lowest BCUT2D eigenvalue weighted by atomic mass is 10.1. The molecule has 38 heavy (non-hydrogen) atoms. The van der Waals surface area contributed by atoms with Crippen molar-refractivity contribution in [3.63, 3.8) is 0 Å². The summed E-state index contributed by atoms with van der Waals surface area (Å²) < 4.78 is 0. The van der Waals surface area contributed by atoms with Gasteiger partial charge in [-0.1, -0.05) is 44.7 Å². The second-order valence-electron chi connectivity index (χ2n) is 8.13. The van der Waals surface area contributed by atoms with Gasteiger partial charge in [-0.25, -0.2) is 0 Å². The first kappa shape index (κ1) is 32.4. The number of aldehydes is 2. The van der Waals surface area contributed by atoms with E-state index in [0.717, 1.165) is 21.8 Å². The molecule has 1 heterocycles. The number of allylic oxidation sites excluding steroid dienone is 4. The summed E-state index contributed by atoms with van der Waals surface area (Å²) in [6, 6.07) is 4.93. The Bertz CT molecular complexity index is 1080. The average Bonchev–Trinajstić information content (AvgIpc) is 3.22. The molecule has 1 aromatic carbocycles. The summed E-state index contributed by atoms with van der Waals surface area (Å²) in [6.07, 6.45) is 10.9. The van der Waals surface area contributed by atoms with Gasteiger partial charge in [0.05, 0.1) is 0 Å². The van der Waals surface area contributed by atoms with Gasteiger partial charge < -0.3 is 4.79 Å². The average molecular weight is 543 g/mol. The molecule has 204 valence electrons. The standard InChI is InChI=1S/C24H29NO4S.C4H5NO3/c1-4-7-10-19(9-5-2)18-30-22-15-20(17-27)14-21(16-22)24(29)25(12-6-3)23(28)11-8-13-26;6-3-1-2-4(7)5(3)8/h4,7,9-10,13-17H,1,5-6,8,11-12,18H2,2-3H3;8H,1-2H2/b10-7-,19-9+;. The van der Waals surface area contributed by atoms with Crippen molar-refractivity contribution in [2.75, 3.05) is 12.3 Å². The zero-order valence-electron chi connectivity index (χ0n) is 21.8. The maximum atomic E-state index is 13.0. The fourth-order valence-electron chi connectivity index (χ4n) is 3.29. The van der Waals surface area contributed by atoms with Crippen LogP contribution in [0, 0.1) is 0 Å². The molecular formula is C28H34N2O7S. The molecule has 1 saturated heterocycles. The minimum atomic E-state index is -0.505. The summed E-state index contributed by atoms with van der Waals surface area (Å²) in [5.41, 5.74) is 1.78. The second-order valence-corrected chi connectivity index (χ2v) is 9.18. The summed E-state index contributed by atoms with van der Waals surface area (Å²) in [4.78, 5) is 69.8. The maximum Gasteiger partial charge on any atom is 0.260 e. The van der Waals surface area contributed by atoms with Crippen LogP contribution in [0.15, 0.2) is 59.6 Å². The molecule has 1 aromatic rings. The van der Waals surface area contributed by atoms with E-state index in [1.807, 2.05) is 19.1 Å². The fourth-order valence-corrected chi connectivity index (χ4v) is 4.27. The van der Waals surface area contributed by atoms with Crippen molar-refractivity contribution < 1.29 is 34.0 Å². The van der Waals surface area contributed by atoms with E-state index in [2.05, 4.69) is 19.6 Å². The van der Waals surface area contributed by atoms with Crippen LogP contribution in [0.25, 0.3) is 0 Å². The van der Waals surface area contributed by atoms with Gasteiger partial charge in [-0.15, -0.1) is 11.8 Å². The first-order valence-corrected chi connectivity index (χ1v) is 13.2. The van der Waals surface area contributed by atoms with Crippen LogP contribution < -0.4 is 0 Å². The fraction of sp³-hybridized carbons (Fsp3) is 0.357. The number of hydrogen-bond acceptors (Lipinski definition) is 8. The molecule has 1 N–H and O–H groups in total. The van der Waals surface area contributed by atoms with Gasteiger partial charge in [0.25, 0.3) is 17.7 Å². The van der Waals surface area contributed by atoms with Crippen LogP contribution in [0.2, 0.25) is 0 Å². The van der Waals surface area contributed by atoms with Crippen molar-refractivity contribution in [2.24, 2.45) is 0 Å². The predicted molar refractivity (Wildman–Crippen MR) is 145 cm³/mol. The van der Waals surface area contributed by atoms with Crippen molar-refractivity contribution in [3.8, 4) is 0 Å². The molecule has 9 nitrogen and oxygen atoms in total. The van der Waals surface area contributed by atoms with Crippen LogP contribution in [0.4, 0.5) is 0 Å². The topological polar surface area (TPSA) is 129 Å². The Kier molecular flexibility index (Phi) is 15.1. The molecule has 0 radical (unpaired) electrons. The molecule has 1 fully saturated rings. The third-order valence-electron chi connectivity index (χ3n) is 5.12. The number of carbonyl (C=O) groups is 6. The highest BCUT2D eigenvalue weighted by Crippen LogP contribution is 2.25. The Balaban J connectivity index is 0.000000763. The van der Waals surface area contributed by atoms with E-state index < -0.39 is 17.7 Å². The van der Waals surface area contributed by atoms with Crippen LogP contribution >= 0.6 is 11.8 Å². The Labute approximate surface area is 227 Å². The lowest BCUT2D eigenvalue weighted by Gasteiger charge is -2.20. The Morgan fingerprint density at radius 1 is 1.13 bits per heavy atom. The maximum absolute atomic E-state index is 13.0. The van der Waals surface area contributed by atoms with Crippen molar-refractivity contribution in [3.05, 3.63) is 65.8 Å². The van der Waals surface area contributed by atoms with Gasteiger partial charge in [0.1, 0.15) is 12.6 Å². The highest BCUT2D eigenvalue weighted by Gasteiger charge is 2.27. The summed E-state index contributed by atoms with van der Waals surface area (Å²) >= 11 is 1.51. The first-order chi connectivity index (χ1) is 18.2. The zero-order valence-corrected chi connectivity index (χ0v) is 22.6. The molecule has 2 rings (SSSR count). The molecule has 0 bridgehead atoms. The Morgan fingerprint density at radius 3 is 2.32 bits per heavy atom. The Hall–Kier alpha value is -3.63. The lowest BCUT2D eigenvalue weighted by Crippen LogP contribution is -2.37. The zero-order chi connectivity index (χ0) is 28.5. The summed E-state index contributed by atoms with van der Waals surface area (Å²) in [5.74, 6) is -1.17. The van der Waals surface area contributed by atoms with Crippen LogP contribution in [0.3, 0.4) is 0 Å². The minimum absolute atomic E-state index is 0.00890. The third-order valence-corrected chi connectivity index (χ3v) is 6.17. The predicted octanol–water partition coefficient (Wildman–Crippen LogP) is 4.55. The van der Waals surface area contributed by atoms with E-state index in [0.29, 0.717) is 30.3 Å². The van der Waals surface area contributed by atoms with E-state index in [1.54, 1.807) is 18.2 Å². The monoisotopic (exact) mass is 542 g/mol. The van der Waals surface area contributed by atoms with Crippen molar-refractivity contribution >= 4 is 48.0 Å². The quantitative estimate of drug-likeness (QED) is 0.126. The molecule has 0 unspecified atom stereocenters. The van der Waals surface area contributed by atoms with E-state index in [1.165, 1.54) is 17.8 Å². The number of hydrogen-bond donors (Lipinski definition) is 1. The highest BCUT2D eigenvalue weighted by molar-refractivity contribution is 7.99. The van der Waals surface area contributed by atoms with Crippen LogP contribution in [-0.4, -0.2) is 63.7 Å². The molecule has 0 aromatic heterocycles. The van der Waals surface area contributed by atoms with E-state index in [4.69, 9.17) is 5.21 Å². The molecule has 0 saturated carbocycles. The van der Waals surface area contributed by atoms with Crippen LogP contribution in [-0.2, 0) is 19.2 Å². The number of rotatable bonds is 13. The van der Waals surface area contributed by atoms with Gasteiger partial charge in [-0.2, -0.15) is 5.06 Å². The number of carbonyl (C=O) groups excluding carboxylic acids is 6. The van der Waals surface area contributed by atoms with Gasteiger partial charge in [-0.3, -0.25) is 34.1 Å². The Morgan fingerprint density at radius 2 is 1.82 bits per heavy atom. The first-order valence-electron chi connectivity index (χ1n) is 12.3. The summed E-state index contributed by atoms with van der Waals surface area (Å²) in [5, 5.41) is 8.57. The molecule has 0 spiro atoms. The summed E-state index contributed by atoms with van der Waals surface area (Å²) in [7, 11) is 0. The van der Waals surface area contributed by atoms with Gasteiger partial charge >= 0.3 is 0 Å². The molecule has 4 amide bonds. The van der Waals surface area contributed by atoms with E-state index in [9.17, 15) is 28.8 Å². The van der Waals surface area contributed by atoms with Crippen molar-refractivity contribution in [2.45, 2.75) is 57.3 Å². The van der Waals surface area contributed by atoms with Gasteiger partial charge in [0.15, 0.2) is 0 Å². The molecular weight excluding hydrogens is 508 g/mol. The lowest BCUT2D eigenvalue weighted by molar-refractivity contribution is -0.171. The SMILES string of the molecule is C=C/C=C\C(=C/CC)CSc1cc(C=O)cc(C(=O)N(CCC)C(=O)CCC=O)c1.O=C1CCC(=O)N1O. The number of benzene rings is 1. The molecule has 10 heteroatoms. The number of nitrogens with zero attached hydrogens (tertiary/aromatic N) is 2. The van der Waals surface area contributed by atoms with Crippen molar-refractivity contribution in [1.82, 2.24) is 9.96 Å². The van der Waals surface area contributed by atoms with Crippen LogP contribution in [0.5, 0.6) is 0 Å². The second kappa shape index (κ2) is 17.8.